The maximum absolute atomic E-state index is 13.4. The van der Waals surface area contributed by atoms with Crippen molar-refractivity contribution in [2.75, 3.05) is 0 Å². The molecule has 2 aromatic rings. The van der Waals surface area contributed by atoms with Crippen LogP contribution in [0, 0.1) is 20.8 Å². The Hall–Kier alpha value is -2.95. The Balaban J connectivity index is 2.03. The molecule has 0 bridgehead atoms. The number of hydrogen-bond donors (Lipinski definition) is 1. The standard InChI is InChI=1S/C23H26N2O3/c1-6-23(18-10-8-7-9-11-18)21(27)25(22(28)24-23)13-19-14(2)12-15(3)20(16(19)4)17(5)26/h7-12H,6,13H2,1-5H3,(H,24,28)/t23-/m0/s1. The molecule has 1 aliphatic rings. The zero-order valence-corrected chi connectivity index (χ0v) is 17.1. The Morgan fingerprint density at radius 2 is 1.71 bits per heavy atom. The maximum Gasteiger partial charge on any atom is 0.325 e. The van der Waals surface area contributed by atoms with Gasteiger partial charge in [-0.2, -0.15) is 0 Å². The molecule has 5 heteroatoms. The lowest BCUT2D eigenvalue weighted by Crippen LogP contribution is -2.43. The molecule has 1 atom stereocenters. The molecule has 0 saturated carbocycles. The minimum absolute atomic E-state index is 0.0133. The first-order valence-electron chi connectivity index (χ1n) is 9.53. The van der Waals surface area contributed by atoms with Crippen LogP contribution in [0.4, 0.5) is 4.79 Å². The van der Waals surface area contributed by atoms with Crippen LogP contribution < -0.4 is 5.32 Å². The van der Waals surface area contributed by atoms with Crippen LogP contribution in [0.5, 0.6) is 0 Å². The van der Waals surface area contributed by atoms with Crippen LogP contribution in [0.15, 0.2) is 36.4 Å². The summed E-state index contributed by atoms with van der Waals surface area (Å²) < 4.78 is 0. The van der Waals surface area contributed by atoms with E-state index in [-0.39, 0.29) is 18.2 Å². The summed E-state index contributed by atoms with van der Waals surface area (Å²) in [5.41, 5.74) is 3.95. The van der Waals surface area contributed by atoms with E-state index < -0.39 is 11.6 Å². The molecule has 3 rings (SSSR count). The maximum atomic E-state index is 13.4. The zero-order chi connectivity index (χ0) is 20.6. The van der Waals surface area contributed by atoms with Crippen molar-refractivity contribution in [3.05, 3.63) is 69.8 Å². The van der Waals surface area contributed by atoms with Gasteiger partial charge in [-0.05, 0) is 61.9 Å². The number of nitrogens with one attached hydrogen (secondary N) is 1. The number of carbonyl (C=O) groups excluding carboxylic acids is 3. The van der Waals surface area contributed by atoms with Crippen molar-refractivity contribution in [3.63, 3.8) is 0 Å². The summed E-state index contributed by atoms with van der Waals surface area (Å²) in [4.78, 5) is 39.5. The zero-order valence-electron chi connectivity index (χ0n) is 17.1. The summed E-state index contributed by atoms with van der Waals surface area (Å²) in [6, 6.07) is 10.9. The fourth-order valence-corrected chi connectivity index (χ4v) is 4.30. The quantitative estimate of drug-likeness (QED) is 0.627. The van der Waals surface area contributed by atoms with E-state index in [4.69, 9.17) is 0 Å². The van der Waals surface area contributed by atoms with E-state index in [2.05, 4.69) is 5.32 Å². The normalized spacial score (nSPS) is 19.1. The molecule has 1 N–H and O–H groups in total. The molecule has 1 heterocycles. The van der Waals surface area contributed by atoms with E-state index in [1.165, 1.54) is 4.90 Å². The van der Waals surface area contributed by atoms with Crippen LogP contribution in [0.3, 0.4) is 0 Å². The minimum Gasteiger partial charge on any atom is -0.319 e. The van der Waals surface area contributed by atoms with Crippen LogP contribution in [-0.4, -0.2) is 22.6 Å². The van der Waals surface area contributed by atoms with E-state index >= 15 is 0 Å². The number of hydrogen-bond acceptors (Lipinski definition) is 3. The highest BCUT2D eigenvalue weighted by Gasteiger charge is 2.51. The van der Waals surface area contributed by atoms with Gasteiger partial charge in [0.25, 0.3) is 5.91 Å². The predicted octanol–water partition coefficient (Wildman–Crippen LogP) is 4.17. The molecular weight excluding hydrogens is 352 g/mol. The van der Waals surface area contributed by atoms with Gasteiger partial charge in [0.05, 0.1) is 6.54 Å². The van der Waals surface area contributed by atoms with E-state index in [0.717, 1.165) is 27.8 Å². The van der Waals surface area contributed by atoms with Crippen LogP contribution in [0.1, 0.15) is 58.4 Å². The number of urea groups is 1. The molecular formula is C23H26N2O3. The van der Waals surface area contributed by atoms with Crippen LogP contribution in [0.2, 0.25) is 0 Å². The summed E-state index contributed by atoms with van der Waals surface area (Å²) in [5.74, 6) is -0.268. The molecule has 0 radical (unpaired) electrons. The fourth-order valence-electron chi connectivity index (χ4n) is 4.30. The Bertz CT molecular complexity index is 966. The van der Waals surface area contributed by atoms with E-state index in [1.54, 1.807) is 6.92 Å². The lowest BCUT2D eigenvalue weighted by atomic mass is 9.87. The molecule has 1 aliphatic heterocycles. The number of benzene rings is 2. The first kappa shape index (κ1) is 19.8. The Kier molecular flexibility index (Phi) is 5.11. The number of rotatable bonds is 5. The Morgan fingerprint density at radius 3 is 2.29 bits per heavy atom. The van der Waals surface area contributed by atoms with Crippen molar-refractivity contribution < 1.29 is 14.4 Å². The smallest absolute Gasteiger partial charge is 0.319 e. The molecule has 1 fully saturated rings. The highest BCUT2D eigenvalue weighted by Crippen LogP contribution is 2.34. The number of amides is 3. The molecule has 3 amide bonds. The van der Waals surface area contributed by atoms with Crippen molar-refractivity contribution in [3.8, 4) is 0 Å². The van der Waals surface area contributed by atoms with Crippen LogP contribution >= 0.6 is 0 Å². The lowest BCUT2D eigenvalue weighted by Gasteiger charge is -2.26. The van der Waals surface area contributed by atoms with Gasteiger partial charge in [0.2, 0.25) is 0 Å². The van der Waals surface area contributed by atoms with Gasteiger partial charge >= 0.3 is 6.03 Å². The first-order valence-corrected chi connectivity index (χ1v) is 9.53. The molecule has 5 nitrogen and oxygen atoms in total. The molecule has 146 valence electrons. The van der Waals surface area contributed by atoms with Crippen LogP contribution in [-0.2, 0) is 16.9 Å². The molecule has 0 unspecified atom stereocenters. The SMILES string of the molecule is CC[C@@]1(c2ccccc2)NC(=O)N(Cc2c(C)cc(C)c(C(C)=O)c2C)C1=O. The Morgan fingerprint density at radius 1 is 1.07 bits per heavy atom. The average Bonchev–Trinajstić information content (AvgIpc) is 2.89. The third-order valence-corrected chi connectivity index (χ3v) is 5.77. The second kappa shape index (κ2) is 7.23. The summed E-state index contributed by atoms with van der Waals surface area (Å²) in [6.45, 7) is 9.32. The van der Waals surface area contributed by atoms with Gasteiger partial charge in [0.15, 0.2) is 5.78 Å². The van der Waals surface area contributed by atoms with Gasteiger partial charge in [-0.15, -0.1) is 0 Å². The largest absolute Gasteiger partial charge is 0.325 e. The van der Waals surface area contributed by atoms with Gasteiger partial charge in [-0.25, -0.2) is 4.79 Å². The van der Waals surface area contributed by atoms with Crippen molar-refractivity contribution in [2.45, 2.75) is 53.1 Å². The monoisotopic (exact) mass is 378 g/mol. The number of Topliss-reactive ketones (excluding diaryl/α,β-unsaturated/α-hetero) is 1. The number of imide groups is 1. The highest BCUT2D eigenvalue weighted by molar-refractivity contribution is 6.07. The average molecular weight is 378 g/mol. The van der Waals surface area contributed by atoms with E-state index in [1.807, 2.05) is 64.1 Å². The minimum atomic E-state index is -1.05. The van der Waals surface area contributed by atoms with Gasteiger partial charge < -0.3 is 5.32 Å². The fraction of sp³-hybridized carbons (Fsp3) is 0.348. The second-order valence-corrected chi connectivity index (χ2v) is 7.49. The van der Waals surface area contributed by atoms with Crippen molar-refractivity contribution in [1.29, 1.82) is 0 Å². The number of aryl methyl sites for hydroxylation is 2. The molecule has 0 aliphatic carbocycles. The first-order chi connectivity index (χ1) is 13.2. The summed E-state index contributed by atoms with van der Waals surface area (Å²) in [5, 5.41) is 2.91. The summed E-state index contributed by atoms with van der Waals surface area (Å²) in [6.07, 6.45) is 0.461. The predicted molar refractivity (Wildman–Crippen MR) is 108 cm³/mol. The number of nitrogens with zero attached hydrogens (tertiary/aromatic N) is 1. The van der Waals surface area contributed by atoms with E-state index in [9.17, 15) is 14.4 Å². The van der Waals surface area contributed by atoms with Gasteiger partial charge in [0.1, 0.15) is 5.54 Å². The molecule has 0 aromatic heterocycles. The molecule has 0 spiro atoms. The third kappa shape index (κ3) is 3.01. The van der Waals surface area contributed by atoms with E-state index in [0.29, 0.717) is 12.0 Å². The van der Waals surface area contributed by atoms with Crippen molar-refractivity contribution >= 4 is 17.7 Å². The third-order valence-electron chi connectivity index (χ3n) is 5.77. The van der Waals surface area contributed by atoms with Crippen LogP contribution in [0.25, 0.3) is 0 Å². The topological polar surface area (TPSA) is 66.5 Å². The summed E-state index contributed by atoms with van der Waals surface area (Å²) in [7, 11) is 0. The van der Waals surface area contributed by atoms with Crippen molar-refractivity contribution in [1.82, 2.24) is 10.2 Å². The Labute approximate surface area is 165 Å². The highest BCUT2D eigenvalue weighted by atomic mass is 16.2. The number of carbonyl (C=O) groups is 3. The number of ketones is 1. The van der Waals surface area contributed by atoms with Crippen molar-refractivity contribution in [2.24, 2.45) is 0 Å². The lowest BCUT2D eigenvalue weighted by molar-refractivity contribution is -0.132. The molecule has 2 aromatic carbocycles. The van der Waals surface area contributed by atoms with Gasteiger partial charge in [-0.1, -0.05) is 43.3 Å². The van der Waals surface area contributed by atoms with Gasteiger partial charge in [-0.3, -0.25) is 14.5 Å². The molecule has 28 heavy (non-hydrogen) atoms. The summed E-state index contributed by atoms with van der Waals surface area (Å²) >= 11 is 0. The van der Waals surface area contributed by atoms with Gasteiger partial charge in [0, 0.05) is 5.56 Å². The second-order valence-electron chi connectivity index (χ2n) is 7.49. The molecule has 1 saturated heterocycles.